The molecule has 0 aliphatic heterocycles. The number of hydrogen-bond donors (Lipinski definition) is 2. The van der Waals surface area contributed by atoms with Crippen LogP contribution in [0.25, 0.3) is 0 Å². The molecule has 3 unspecified atom stereocenters. The molecule has 0 heterocycles. The van der Waals surface area contributed by atoms with Crippen LogP contribution in [0.3, 0.4) is 0 Å². The van der Waals surface area contributed by atoms with Crippen molar-refractivity contribution in [2.45, 2.75) is 78.1 Å². The van der Waals surface area contributed by atoms with Crippen LogP contribution in [0.1, 0.15) is 82.8 Å². The van der Waals surface area contributed by atoms with Crippen LogP contribution >= 0.6 is 0 Å². The van der Waals surface area contributed by atoms with Gasteiger partial charge < -0.3 is 10.2 Å². The van der Waals surface area contributed by atoms with E-state index in [4.69, 9.17) is 0 Å². The van der Waals surface area contributed by atoms with Gasteiger partial charge in [0, 0.05) is 23.8 Å². The highest BCUT2D eigenvalue weighted by Gasteiger charge is 2.59. The minimum Gasteiger partial charge on any atom is -0.508 e. The number of ketones is 1. The summed E-state index contributed by atoms with van der Waals surface area (Å²) in [6, 6.07) is 3.58. The summed E-state index contributed by atoms with van der Waals surface area (Å²) >= 11 is 0. The zero-order valence-corrected chi connectivity index (χ0v) is 17.0. The quantitative estimate of drug-likeness (QED) is 0.443. The smallest absolute Gasteiger partial charge is 0.137 e. The topological polar surface area (TPSA) is 57.5 Å². The third-order valence-electron chi connectivity index (χ3n) is 6.93. The molecule has 4 rings (SSSR count). The zero-order chi connectivity index (χ0) is 19.6. The van der Waals surface area contributed by atoms with Crippen molar-refractivity contribution in [2.75, 3.05) is 0 Å². The highest BCUT2D eigenvalue weighted by molar-refractivity contribution is 5.86. The minimum absolute atomic E-state index is 0.0261. The van der Waals surface area contributed by atoms with Crippen molar-refractivity contribution in [1.82, 2.24) is 0 Å². The van der Waals surface area contributed by atoms with Crippen LogP contribution in [-0.2, 0) is 11.2 Å². The fourth-order valence-corrected chi connectivity index (χ4v) is 5.18. The summed E-state index contributed by atoms with van der Waals surface area (Å²) in [5.74, 6) is 1.05. The van der Waals surface area contributed by atoms with Gasteiger partial charge in [-0.1, -0.05) is 45.8 Å². The number of phenols is 2. The molecule has 148 valence electrons. The molecule has 3 nitrogen and oxygen atoms in total. The highest BCUT2D eigenvalue weighted by Crippen LogP contribution is 2.64. The van der Waals surface area contributed by atoms with E-state index >= 15 is 0 Å². The predicted molar refractivity (Wildman–Crippen MR) is 109 cm³/mol. The Morgan fingerprint density at radius 1 is 1.11 bits per heavy atom. The van der Waals surface area contributed by atoms with E-state index < -0.39 is 0 Å². The van der Waals surface area contributed by atoms with E-state index in [1.165, 1.54) is 12.8 Å². The molecule has 1 aromatic rings. The van der Waals surface area contributed by atoms with Crippen molar-refractivity contribution in [2.24, 2.45) is 17.3 Å². The number of phenolic OH excluding ortho intramolecular Hbond substituents is 2. The van der Waals surface area contributed by atoms with E-state index in [1.807, 2.05) is 0 Å². The fraction of sp³-hybridized carbons (Fsp3) is 0.625. The Labute approximate surface area is 163 Å². The van der Waals surface area contributed by atoms with Gasteiger partial charge >= 0.3 is 0 Å². The van der Waals surface area contributed by atoms with Gasteiger partial charge in [-0.05, 0) is 61.1 Å². The van der Waals surface area contributed by atoms with Gasteiger partial charge in [0.1, 0.15) is 17.3 Å². The number of aromatic hydroxyl groups is 2. The number of hydrogen-bond acceptors (Lipinski definition) is 3. The Hall–Kier alpha value is -1.77. The summed E-state index contributed by atoms with van der Waals surface area (Å²) in [7, 11) is 0. The summed E-state index contributed by atoms with van der Waals surface area (Å²) in [4.78, 5) is 12.4. The predicted octanol–water partition coefficient (Wildman–Crippen LogP) is 5.89. The van der Waals surface area contributed by atoms with E-state index in [1.54, 1.807) is 12.1 Å². The van der Waals surface area contributed by atoms with Gasteiger partial charge in [0.25, 0.3) is 0 Å². The molecule has 0 spiro atoms. The molecule has 3 heteroatoms. The zero-order valence-electron chi connectivity index (χ0n) is 17.0. The molecule has 3 fully saturated rings. The van der Waals surface area contributed by atoms with Crippen LogP contribution in [0.4, 0.5) is 0 Å². The second kappa shape index (κ2) is 8.08. The van der Waals surface area contributed by atoms with Crippen molar-refractivity contribution in [3.05, 3.63) is 35.4 Å². The molecule has 0 aromatic heterocycles. The molecular weight excluding hydrogens is 336 g/mol. The van der Waals surface area contributed by atoms with Crippen molar-refractivity contribution >= 4 is 5.78 Å². The number of Topliss-reactive ketones (excluding diaryl/α,β-unsaturated/α-hetero) is 1. The highest BCUT2D eigenvalue weighted by atomic mass is 16.3. The van der Waals surface area contributed by atoms with Crippen LogP contribution in [0, 0.1) is 17.3 Å². The summed E-state index contributed by atoms with van der Waals surface area (Å²) in [6.45, 7) is 6.49. The van der Waals surface area contributed by atoms with Gasteiger partial charge in [-0.3, -0.25) is 4.79 Å². The average molecular weight is 371 g/mol. The van der Waals surface area contributed by atoms with Crippen molar-refractivity contribution < 1.29 is 15.0 Å². The standard InChI is InChI=1S/C24H34O3/c1-4-5-6-7-8-9-10-11-16-12-21(26)23(22(27)13-16)17-14-20(25)19-15-18(17)24(19,2)3/h7-8,12-13,17-19,26-27H,4-6,9-11,14-15H2,1-3H3/b8-7+. The number of aryl methyl sites for hydroxylation is 1. The molecule has 3 aliphatic rings. The molecule has 3 aliphatic carbocycles. The van der Waals surface area contributed by atoms with Gasteiger partial charge in [-0.15, -0.1) is 0 Å². The second-order valence-corrected chi connectivity index (χ2v) is 9.05. The largest absolute Gasteiger partial charge is 0.508 e. The number of carbonyl (C=O) groups is 1. The van der Waals surface area contributed by atoms with E-state index in [0.29, 0.717) is 17.9 Å². The summed E-state index contributed by atoms with van der Waals surface area (Å²) < 4.78 is 0. The summed E-state index contributed by atoms with van der Waals surface area (Å²) in [5.41, 5.74) is 1.52. The first kappa shape index (κ1) is 20.0. The van der Waals surface area contributed by atoms with Gasteiger partial charge in [0.15, 0.2) is 0 Å². The van der Waals surface area contributed by atoms with Gasteiger partial charge in [0.05, 0.1) is 0 Å². The monoisotopic (exact) mass is 370 g/mol. The van der Waals surface area contributed by atoms with Crippen LogP contribution in [0.2, 0.25) is 0 Å². The first-order valence-corrected chi connectivity index (χ1v) is 10.6. The Balaban J connectivity index is 1.65. The Bertz CT molecular complexity index is 693. The summed E-state index contributed by atoms with van der Waals surface area (Å²) in [6.07, 6.45) is 12.3. The molecule has 27 heavy (non-hydrogen) atoms. The molecule has 0 radical (unpaired) electrons. The van der Waals surface area contributed by atoms with Gasteiger partial charge in [-0.2, -0.15) is 0 Å². The van der Waals surface area contributed by atoms with E-state index in [0.717, 1.165) is 37.7 Å². The Morgan fingerprint density at radius 2 is 1.74 bits per heavy atom. The molecule has 3 atom stereocenters. The maximum absolute atomic E-state index is 12.4. The van der Waals surface area contributed by atoms with Crippen LogP contribution in [0.15, 0.2) is 24.3 Å². The molecular formula is C24H34O3. The number of carbonyl (C=O) groups excluding carboxylic acids is 1. The normalized spacial score (nSPS) is 26.3. The molecule has 0 saturated heterocycles. The molecule has 3 saturated carbocycles. The Kier molecular flexibility index (Phi) is 5.98. The maximum atomic E-state index is 12.4. The lowest BCUT2D eigenvalue weighted by Crippen LogP contribution is -2.56. The number of unbranched alkanes of at least 4 members (excludes halogenated alkanes) is 3. The number of rotatable bonds is 8. The van der Waals surface area contributed by atoms with Crippen LogP contribution < -0.4 is 0 Å². The third-order valence-corrected chi connectivity index (χ3v) is 6.93. The lowest BCUT2D eigenvalue weighted by atomic mass is 9.44. The van der Waals surface area contributed by atoms with Gasteiger partial charge in [0.2, 0.25) is 0 Å². The third kappa shape index (κ3) is 3.93. The first-order valence-electron chi connectivity index (χ1n) is 10.6. The van der Waals surface area contributed by atoms with E-state index in [2.05, 4.69) is 32.9 Å². The lowest BCUT2D eigenvalue weighted by Gasteiger charge is -2.59. The Morgan fingerprint density at radius 3 is 2.30 bits per heavy atom. The minimum atomic E-state index is -0.0620. The van der Waals surface area contributed by atoms with Crippen molar-refractivity contribution in [1.29, 1.82) is 0 Å². The number of benzene rings is 1. The molecule has 0 amide bonds. The van der Waals surface area contributed by atoms with Crippen molar-refractivity contribution in [3.8, 4) is 11.5 Å². The lowest BCUT2D eigenvalue weighted by molar-refractivity contribution is -0.151. The van der Waals surface area contributed by atoms with Crippen LogP contribution in [0.5, 0.6) is 11.5 Å². The molecule has 1 aromatic carbocycles. The molecule has 2 N–H and O–H groups in total. The van der Waals surface area contributed by atoms with Gasteiger partial charge in [-0.25, -0.2) is 0 Å². The maximum Gasteiger partial charge on any atom is 0.137 e. The van der Waals surface area contributed by atoms with E-state index in [9.17, 15) is 15.0 Å². The molecule has 2 bridgehead atoms. The summed E-state index contributed by atoms with van der Waals surface area (Å²) in [5, 5.41) is 21.3. The van der Waals surface area contributed by atoms with Crippen molar-refractivity contribution in [3.63, 3.8) is 0 Å². The average Bonchev–Trinajstić information content (AvgIpc) is 2.59. The first-order chi connectivity index (χ1) is 12.9. The fourth-order valence-electron chi connectivity index (χ4n) is 5.18. The van der Waals surface area contributed by atoms with E-state index in [-0.39, 0.29) is 34.5 Å². The number of allylic oxidation sites excluding steroid dienone is 2. The SMILES string of the molecule is CCCC/C=C/CCCc1cc(O)c(C2CC(=O)C3CC2C3(C)C)c(O)c1. The van der Waals surface area contributed by atoms with Crippen LogP contribution in [-0.4, -0.2) is 16.0 Å². The number of fused-ring (bicyclic) bond motifs is 2. The second-order valence-electron chi connectivity index (χ2n) is 9.05.